The second-order valence-corrected chi connectivity index (χ2v) is 5.18. The zero-order valence-electron chi connectivity index (χ0n) is 11.7. The summed E-state index contributed by atoms with van der Waals surface area (Å²) in [5, 5.41) is 0. The van der Waals surface area contributed by atoms with Crippen molar-refractivity contribution in [3.05, 3.63) is 12.7 Å². The molecule has 1 rings (SSSR count). The number of likely N-dealkylation sites (tertiary alicyclic amines) is 1. The zero-order valence-corrected chi connectivity index (χ0v) is 11.7. The molecule has 0 bridgehead atoms. The fraction of sp³-hybridized carbons (Fsp3) is 0.714. The van der Waals surface area contributed by atoms with E-state index < -0.39 is 5.91 Å². The molecule has 2 amide bonds. The van der Waals surface area contributed by atoms with E-state index in [-0.39, 0.29) is 18.0 Å². The van der Waals surface area contributed by atoms with Gasteiger partial charge in [-0.15, -0.1) is 6.58 Å². The summed E-state index contributed by atoms with van der Waals surface area (Å²) in [4.78, 5) is 27.7. The van der Waals surface area contributed by atoms with Gasteiger partial charge in [-0.25, -0.2) is 0 Å². The number of hydrogen-bond donors (Lipinski definition) is 0. The monoisotopic (exact) mass is 252 g/mol. The quantitative estimate of drug-likeness (QED) is 0.568. The maximum atomic E-state index is 12.2. The lowest BCUT2D eigenvalue weighted by Crippen LogP contribution is -2.51. The molecule has 4 nitrogen and oxygen atoms in total. The van der Waals surface area contributed by atoms with Crippen LogP contribution in [0.5, 0.6) is 0 Å². The van der Waals surface area contributed by atoms with Crippen LogP contribution in [-0.4, -0.2) is 46.8 Å². The van der Waals surface area contributed by atoms with Crippen LogP contribution in [0.4, 0.5) is 0 Å². The normalized spacial score (nSPS) is 19.8. The largest absolute Gasteiger partial charge is 0.332 e. The van der Waals surface area contributed by atoms with Crippen molar-refractivity contribution in [2.24, 2.45) is 0 Å². The fourth-order valence-electron chi connectivity index (χ4n) is 2.31. The van der Waals surface area contributed by atoms with Gasteiger partial charge in [-0.2, -0.15) is 0 Å². The highest BCUT2D eigenvalue weighted by atomic mass is 16.2. The molecule has 1 aliphatic rings. The predicted molar refractivity (Wildman–Crippen MR) is 72.1 cm³/mol. The van der Waals surface area contributed by atoms with Crippen LogP contribution in [0.2, 0.25) is 0 Å². The highest BCUT2D eigenvalue weighted by molar-refractivity contribution is 6.35. The van der Waals surface area contributed by atoms with Crippen molar-refractivity contribution in [2.75, 3.05) is 13.1 Å². The molecule has 102 valence electrons. The molecule has 4 heteroatoms. The Kier molecular flexibility index (Phi) is 5.38. The highest BCUT2D eigenvalue weighted by Crippen LogP contribution is 2.17. The van der Waals surface area contributed by atoms with Gasteiger partial charge in [-0.05, 0) is 40.0 Å². The first-order chi connectivity index (χ1) is 8.49. The number of piperidine rings is 1. The summed E-state index contributed by atoms with van der Waals surface area (Å²) in [5.74, 6) is -0.767. The number of nitrogens with zero attached hydrogens (tertiary/aromatic N) is 2. The van der Waals surface area contributed by atoms with E-state index >= 15 is 0 Å². The third-order valence-corrected chi connectivity index (χ3v) is 3.46. The van der Waals surface area contributed by atoms with Crippen molar-refractivity contribution < 1.29 is 9.59 Å². The SMILES string of the molecule is C=CCN(C(=O)C(=O)N1CCCCC1C)C(C)C. The van der Waals surface area contributed by atoms with Gasteiger partial charge in [0.05, 0.1) is 0 Å². The number of carbonyl (C=O) groups is 2. The van der Waals surface area contributed by atoms with Gasteiger partial charge in [0.25, 0.3) is 0 Å². The molecule has 1 heterocycles. The lowest BCUT2D eigenvalue weighted by molar-refractivity contribution is -0.154. The average Bonchev–Trinajstić information content (AvgIpc) is 2.34. The summed E-state index contributed by atoms with van der Waals surface area (Å²) in [6.45, 7) is 10.6. The van der Waals surface area contributed by atoms with Crippen LogP contribution < -0.4 is 0 Å². The molecule has 0 aromatic carbocycles. The van der Waals surface area contributed by atoms with Crippen molar-refractivity contribution in [3.63, 3.8) is 0 Å². The van der Waals surface area contributed by atoms with Gasteiger partial charge in [0.15, 0.2) is 0 Å². The van der Waals surface area contributed by atoms with E-state index in [1.165, 1.54) is 0 Å². The van der Waals surface area contributed by atoms with Gasteiger partial charge in [0, 0.05) is 25.2 Å². The number of carbonyl (C=O) groups excluding carboxylic acids is 2. The summed E-state index contributed by atoms with van der Waals surface area (Å²) < 4.78 is 0. The van der Waals surface area contributed by atoms with E-state index in [2.05, 4.69) is 6.58 Å². The Labute approximate surface area is 110 Å². The van der Waals surface area contributed by atoms with Crippen molar-refractivity contribution >= 4 is 11.8 Å². The Bertz CT molecular complexity index is 326. The smallest absolute Gasteiger partial charge is 0.312 e. The fourth-order valence-corrected chi connectivity index (χ4v) is 2.31. The summed E-state index contributed by atoms with van der Waals surface area (Å²) in [6, 6.07) is 0.187. The van der Waals surface area contributed by atoms with Crippen LogP contribution >= 0.6 is 0 Å². The van der Waals surface area contributed by atoms with Gasteiger partial charge >= 0.3 is 11.8 Å². The maximum Gasteiger partial charge on any atom is 0.312 e. The molecule has 0 saturated carbocycles. The standard InChI is InChI=1S/C14H24N2O2/c1-5-9-15(11(2)3)13(17)14(18)16-10-7-6-8-12(16)4/h5,11-12H,1,6-10H2,2-4H3. The minimum atomic E-state index is -0.404. The van der Waals surface area contributed by atoms with Crippen LogP contribution in [0, 0.1) is 0 Å². The van der Waals surface area contributed by atoms with E-state index in [0.717, 1.165) is 19.3 Å². The van der Waals surface area contributed by atoms with Gasteiger partial charge < -0.3 is 9.80 Å². The Morgan fingerprint density at radius 3 is 2.61 bits per heavy atom. The first kappa shape index (κ1) is 14.7. The zero-order chi connectivity index (χ0) is 13.7. The molecule has 0 aliphatic carbocycles. The molecule has 1 atom stereocenters. The Morgan fingerprint density at radius 1 is 1.44 bits per heavy atom. The minimum Gasteiger partial charge on any atom is -0.332 e. The molecular formula is C14H24N2O2. The van der Waals surface area contributed by atoms with Crippen molar-refractivity contribution in [1.29, 1.82) is 0 Å². The summed E-state index contributed by atoms with van der Waals surface area (Å²) >= 11 is 0. The second-order valence-electron chi connectivity index (χ2n) is 5.18. The molecule has 1 fully saturated rings. The number of amides is 2. The van der Waals surface area contributed by atoms with E-state index in [9.17, 15) is 9.59 Å². The summed E-state index contributed by atoms with van der Waals surface area (Å²) in [6.07, 6.45) is 4.78. The van der Waals surface area contributed by atoms with Crippen molar-refractivity contribution in [2.45, 2.75) is 52.1 Å². The lowest BCUT2D eigenvalue weighted by Gasteiger charge is -2.35. The molecule has 1 aliphatic heterocycles. The Hall–Kier alpha value is -1.32. The Morgan fingerprint density at radius 2 is 2.11 bits per heavy atom. The number of hydrogen-bond acceptors (Lipinski definition) is 2. The molecule has 0 N–H and O–H groups in total. The van der Waals surface area contributed by atoms with Crippen LogP contribution in [0.15, 0.2) is 12.7 Å². The first-order valence-electron chi connectivity index (χ1n) is 6.71. The molecule has 18 heavy (non-hydrogen) atoms. The molecular weight excluding hydrogens is 228 g/mol. The Balaban J connectivity index is 2.74. The molecule has 1 saturated heterocycles. The minimum absolute atomic E-state index is 0.0135. The number of rotatable bonds is 3. The van der Waals surface area contributed by atoms with E-state index in [4.69, 9.17) is 0 Å². The van der Waals surface area contributed by atoms with Crippen LogP contribution in [-0.2, 0) is 9.59 Å². The van der Waals surface area contributed by atoms with Gasteiger partial charge in [0.1, 0.15) is 0 Å². The average molecular weight is 252 g/mol. The molecule has 1 unspecified atom stereocenters. The molecule has 0 aromatic heterocycles. The molecule has 0 radical (unpaired) electrons. The van der Waals surface area contributed by atoms with Crippen molar-refractivity contribution in [1.82, 2.24) is 9.80 Å². The van der Waals surface area contributed by atoms with E-state index in [1.54, 1.807) is 15.9 Å². The molecule has 0 spiro atoms. The van der Waals surface area contributed by atoms with E-state index in [1.807, 2.05) is 20.8 Å². The molecule has 0 aromatic rings. The third kappa shape index (κ3) is 3.34. The van der Waals surface area contributed by atoms with Crippen LogP contribution in [0.3, 0.4) is 0 Å². The van der Waals surface area contributed by atoms with Gasteiger partial charge in [-0.1, -0.05) is 6.08 Å². The van der Waals surface area contributed by atoms with E-state index in [0.29, 0.717) is 13.1 Å². The first-order valence-corrected chi connectivity index (χ1v) is 6.71. The van der Waals surface area contributed by atoms with Crippen molar-refractivity contribution in [3.8, 4) is 0 Å². The lowest BCUT2D eigenvalue weighted by atomic mass is 10.0. The predicted octanol–water partition coefficient (Wildman–Crippen LogP) is 1.81. The second kappa shape index (κ2) is 6.57. The summed E-state index contributed by atoms with van der Waals surface area (Å²) in [7, 11) is 0. The topological polar surface area (TPSA) is 40.6 Å². The van der Waals surface area contributed by atoms with Gasteiger partial charge in [-0.3, -0.25) is 9.59 Å². The third-order valence-electron chi connectivity index (χ3n) is 3.46. The highest BCUT2D eigenvalue weighted by Gasteiger charge is 2.31. The maximum absolute atomic E-state index is 12.2. The van der Waals surface area contributed by atoms with Crippen LogP contribution in [0.25, 0.3) is 0 Å². The summed E-state index contributed by atoms with van der Waals surface area (Å²) in [5.41, 5.74) is 0. The van der Waals surface area contributed by atoms with Crippen LogP contribution in [0.1, 0.15) is 40.0 Å². The van der Waals surface area contributed by atoms with Gasteiger partial charge in [0.2, 0.25) is 0 Å².